The van der Waals surface area contributed by atoms with Gasteiger partial charge < -0.3 is 9.47 Å². The van der Waals surface area contributed by atoms with Crippen molar-refractivity contribution in [2.24, 2.45) is 10.1 Å². The minimum atomic E-state index is 0.220. The lowest BCUT2D eigenvalue weighted by Crippen LogP contribution is -2.17. The van der Waals surface area contributed by atoms with E-state index in [0.29, 0.717) is 6.54 Å². The quantitative estimate of drug-likeness (QED) is 0.590. The van der Waals surface area contributed by atoms with E-state index in [9.17, 15) is 0 Å². The maximum absolute atomic E-state index is 5.71. The van der Waals surface area contributed by atoms with Crippen LogP contribution in [0.2, 0.25) is 0 Å². The van der Waals surface area contributed by atoms with Crippen molar-refractivity contribution >= 4 is 17.6 Å². The van der Waals surface area contributed by atoms with Gasteiger partial charge in [0, 0.05) is 17.6 Å². The molecule has 1 aliphatic heterocycles. The van der Waals surface area contributed by atoms with Crippen LogP contribution in [0.15, 0.2) is 70.1 Å². The SMILES string of the molecule is COc1cccc(/C=N\n2c(-c3ccccc3)csc2=NC[C@@H]2CCCO2)c1. The molecule has 0 saturated carbocycles. The molecule has 28 heavy (non-hydrogen) atoms. The van der Waals surface area contributed by atoms with Crippen molar-refractivity contribution in [3.05, 3.63) is 70.3 Å². The van der Waals surface area contributed by atoms with E-state index in [1.165, 1.54) is 0 Å². The summed E-state index contributed by atoms with van der Waals surface area (Å²) in [5.41, 5.74) is 3.11. The summed E-state index contributed by atoms with van der Waals surface area (Å²) in [4.78, 5) is 5.67. The Labute approximate surface area is 168 Å². The molecule has 3 aromatic rings. The van der Waals surface area contributed by atoms with Gasteiger partial charge in [-0.05, 0) is 30.5 Å². The monoisotopic (exact) mass is 393 g/mol. The van der Waals surface area contributed by atoms with Gasteiger partial charge >= 0.3 is 0 Å². The molecule has 2 aromatic carbocycles. The zero-order valence-electron chi connectivity index (χ0n) is 15.8. The molecule has 0 amide bonds. The number of thiazole rings is 1. The Balaban J connectivity index is 1.70. The summed E-state index contributed by atoms with van der Waals surface area (Å²) in [5, 5.41) is 6.85. The Hall–Kier alpha value is -2.70. The normalized spacial score (nSPS) is 17.5. The summed E-state index contributed by atoms with van der Waals surface area (Å²) < 4.78 is 12.9. The molecule has 0 radical (unpaired) electrons. The summed E-state index contributed by atoms with van der Waals surface area (Å²) in [6, 6.07) is 18.1. The number of ether oxygens (including phenoxy) is 2. The van der Waals surface area contributed by atoms with Crippen LogP contribution in [0.3, 0.4) is 0 Å². The highest BCUT2D eigenvalue weighted by Gasteiger charge is 2.15. The third-order valence-corrected chi connectivity index (χ3v) is 5.48. The summed E-state index contributed by atoms with van der Waals surface area (Å²) in [7, 11) is 1.67. The molecule has 0 aliphatic carbocycles. The number of nitrogens with zero attached hydrogens (tertiary/aromatic N) is 3. The van der Waals surface area contributed by atoms with Crippen molar-refractivity contribution in [2.75, 3.05) is 20.3 Å². The molecular weight excluding hydrogens is 370 g/mol. The van der Waals surface area contributed by atoms with Gasteiger partial charge in [-0.15, -0.1) is 11.3 Å². The first-order valence-corrected chi connectivity index (χ1v) is 10.3. The molecule has 2 heterocycles. The van der Waals surface area contributed by atoms with E-state index in [1.807, 2.05) is 53.4 Å². The van der Waals surface area contributed by atoms with E-state index in [-0.39, 0.29) is 6.10 Å². The Morgan fingerprint density at radius 2 is 2.11 bits per heavy atom. The lowest BCUT2D eigenvalue weighted by Gasteiger charge is -2.06. The Kier molecular flexibility index (Phi) is 5.99. The highest BCUT2D eigenvalue weighted by atomic mass is 32.1. The average Bonchev–Trinajstić information content (AvgIpc) is 3.41. The van der Waals surface area contributed by atoms with Gasteiger partial charge in [-0.1, -0.05) is 42.5 Å². The summed E-state index contributed by atoms with van der Waals surface area (Å²) in [5.74, 6) is 0.811. The molecule has 0 N–H and O–H groups in total. The molecule has 1 atom stereocenters. The van der Waals surface area contributed by atoms with Crippen molar-refractivity contribution in [3.8, 4) is 17.0 Å². The fourth-order valence-electron chi connectivity index (χ4n) is 3.14. The van der Waals surface area contributed by atoms with Gasteiger partial charge in [0.15, 0.2) is 0 Å². The maximum atomic E-state index is 5.71. The summed E-state index contributed by atoms with van der Waals surface area (Å²) in [6.07, 6.45) is 4.26. The van der Waals surface area contributed by atoms with E-state index in [4.69, 9.17) is 19.6 Å². The summed E-state index contributed by atoms with van der Waals surface area (Å²) in [6.45, 7) is 1.51. The lowest BCUT2D eigenvalue weighted by molar-refractivity contribution is 0.117. The number of benzene rings is 2. The van der Waals surface area contributed by atoms with Crippen molar-refractivity contribution < 1.29 is 9.47 Å². The van der Waals surface area contributed by atoms with Gasteiger partial charge in [-0.25, -0.2) is 4.68 Å². The van der Waals surface area contributed by atoms with Crippen molar-refractivity contribution in [1.82, 2.24) is 4.68 Å². The first kappa shape index (κ1) is 18.7. The second-order valence-corrected chi connectivity index (χ2v) is 7.41. The molecule has 144 valence electrons. The molecule has 5 nitrogen and oxygen atoms in total. The zero-order valence-corrected chi connectivity index (χ0v) is 16.6. The minimum absolute atomic E-state index is 0.220. The van der Waals surface area contributed by atoms with Gasteiger partial charge in [-0.2, -0.15) is 5.10 Å². The molecule has 1 aromatic heterocycles. The fraction of sp³-hybridized carbons (Fsp3) is 0.273. The molecule has 1 aliphatic rings. The van der Waals surface area contributed by atoms with E-state index < -0.39 is 0 Å². The van der Waals surface area contributed by atoms with Gasteiger partial charge in [0.05, 0.1) is 31.7 Å². The van der Waals surface area contributed by atoms with Crippen LogP contribution < -0.4 is 9.54 Å². The van der Waals surface area contributed by atoms with Crippen LogP contribution in [0, 0.1) is 0 Å². The number of methoxy groups -OCH3 is 1. The van der Waals surface area contributed by atoms with E-state index in [2.05, 4.69) is 17.5 Å². The second-order valence-electron chi connectivity index (χ2n) is 6.58. The lowest BCUT2D eigenvalue weighted by atomic mass is 10.2. The first-order chi connectivity index (χ1) is 13.8. The Bertz CT molecular complexity index is 1000. The van der Waals surface area contributed by atoms with Gasteiger partial charge in [0.2, 0.25) is 4.80 Å². The highest BCUT2D eigenvalue weighted by molar-refractivity contribution is 7.07. The molecule has 6 heteroatoms. The molecule has 0 bridgehead atoms. The van der Waals surface area contributed by atoms with E-state index >= 15 is 0 Å². The Morgan fingerprint density at radius 3 is 2.89 bits per heavy atom. The van der Waals surface area contributed by atoms with Gasteiger partial charge in [-0.3, -0.25) is 4.99 Å². The van der Waals surface area contributed by atoms with Crippen molar-refractivity contribution in [3.63, 3.8) is 0 Å². The molecular formula is C22H23N3O2S. The third kappa shape index (κ3) is 4.40. The average molecular weight is 394 g/mol. The predicted octanol–water partition coefficient (Wildman–Crippen LogP) is 4.19. The molecule has 1 saturated heterocycles. The van der Waals surface area contributed by atoms with Crippen LogP contribution in [-0.2, 0) is 4.74 Å². The number of hydrogen-bond donors (Lipinski definition) is 0. The van der Waals surface area contributed by atoms with Crippen LogP contribution in [0.25, 0.3) is 11.3 Å². The maximum Gasteiger partial charge on any atom is 0.206 e. The van der Waals surface area contributed by atoms with E-state index in [1.54, 1.807) is 18.4 Å². The van der Waals surface area contributed by atoms with Gasteiger partial charge in [0.25, 0.3) is 0 Å². The number of rotatable bonds is 6. The number of aromatic nitrogens is 1. The zero-order chi connectivity index (χ0) is 19.2. The fourth-order valence-corrected chi connectivity index (χ4v) is 3.99. The van der Waals surface area contributed by atoms with Crippen molar-refractivity contribution in [1.29, 1.82) is 0 Å². The summed E-state index contributed by atoms with van der Waals surface area (Å²) >= 11 is 1.60. The number of hydrogen-bond acceptors (Lipinski definition) is 5. The highest BCUT2D eigenvalue weighted by Crippen LogP contribution is 2.20. The minimum Gasteiger partial charge on any atom is -0.497 e. The van der Waals surface area contributed by atoms with Crippen molar-refractivity contribution in [2.45, 2.75) is 18.9 Å². The predicted molar refractivity (Wildman–Crippen MR) is 113 cm³/mol. The standard InChI is InChI=1S/C22H23N3O2S/c1-26-19-10-5-7-17(13-19)14-24-25-21(18-8-3-2-4-9-18)16-28-22(25)23-15-20-11-6-12-27-20/h2-5,7-10,13-14,16,20H,6,11-12,15H2,1H3/b23-22?,24-14-/t20-/m0/s1. The molecule has 0 unspecified atom stereocenters. The molecule has 0 spiro atoms. The van der Waals surface area contributed by atoms with Crippen LogP contribution in [-0.4, -0.2) is 37.3 Å². The molecule has 4 rings (SSSR count). The van der Waals surface area contributed by atoms with Gasteiger partial charge in [0.1, 0.15) is 5.75 Å². The Morgan fingerprint density at radius 1 is 1.21 bits per heavy atom. The van der Waals surface area contributed by atoms with Crippen LogP contribution in [0.5, 0.6) is 5.75 Å². The van der Waals surface area contributed by atoms with Crippen LogP contribution in [0.1, 0.15) is 18.4 Å². The molecule has 1 fully saturated rings. The largest absolute Gasteiger partial charge is 0.497 e. The van der Waals surface area contributed by atoms with E-state index in [0.717, 1.165) is 46.8 Å². The second kappa shape index (κ2) is 8.99. The van der Waals surface area contributed by atoms with Crippen LogP contribution >= 0.6 is 11.3 Å². The van der Waals surface area contributed by atoms with Crippen LogP contribution in [0.4, 0.5) is 0 Å². The third-order valence-electron chi connectivity index (χ3n) is 4.63. The topological polar surface area (TPSA) is 48.1 Å². The first-order valence-electron chi connectivity index (χ1n) is 9.40. The smallest absolute Gasteiger partial charge is 0.206 e.